The lowest BCUT2D eigenvalue weighted by atomic mass is 10.2. The Bertz CT molecular complexity index is 317. The van der Waals surface area contributed by atoms with E-state index in [1.165, 1.54) is 12.3 Å². The second-order valence-electron chi connectivity index (χ2n) is 2.33. The molecule has 0 atom stereocenters. The van der Waals surface area contributed by atoms with Gasteiger partial charge in [0, 0.05) is 18.5 Å². The fourth-order valence-electron chi connectivity index (χ4n) is 0.795. The van der Waals surface area contributed by atoms with Crippen molar-refractivity contribution in [3.05, 3.63) is 48.9 Å². The van der Waals surface area contributed by atoms with Crippen LogP contribution in [-0.4, -0.2) is 10.9 Å². The molecule has 3 nitrogen and oxygen atoms in total. The molecule has 0 aliphatic rings. The molecule has 0 aliphatic carbocycles. The van der Waals surface area contributed by atoms with E-state index in [0.29, 0.717) is 0 Å². The molecule has 0 saturated heterocycles. The van der Waals surface area contributed by atoms with Gasteiger partial charge in [0.2, 0.25) is 5.91 Å². The Kier molecular flexibility index (Phi) is 3.45. The van der Waals surface area contributed by atoms with Crippen molar-refractivity contribution in [1.82, 2.24) is 10.3 Å². The molecule has 13 heavy (non-hydrogen) atoms. The van der Waals surface area contributed by atoms with Crippen LogP contribution in [0.3, 0.4) is 0 Å². The molecule has 3 heteroatoms. The summed E-state index contributed by atoms with van der Waals surface area (Å²) in [5.74, 6) is -0.196. The van der Waals surface area contributed by atoms with Crippen LogP contribution in [0, 0.1) is 0 Å². The quantitative estimate of drug-likeness (QED) is 0.703. The first-order chi connectivity index (χ1) is 6.33. The summed E-state index contributed by atoms with van der Waals surface area (Å²) in [7, 11) is 0. The molecule has 0 aromatic carbocycles. The second kappa shape index (κ2) is 4.87. The van der Waals surface area contributed by atoms with Gasteiger partial charge in [-0.25, -0.2) is 0 Å². The average Bonchev–Trinajstić information content (AvgIpc) is 2.17. The number of rotatable bonds is 3. The minimum atomic E-state index is -0.196. The minimum absolute atomic E-state index is 0.196. The smallest absolute Gasteiger partial charge is 0.247 e. The molecule has 1 N–H and O–H groups in total. The summed E-state index contributed by atoms with van der Waals surface area (Å²) in [5.41, 5.74) is 0.890. The third kappa shape index (κ3) is 3.33. The zero-order chi connectivity index (χ0) is 9.52. The second-order valence-corrected chi connectivity index (χ2v) is 2.33. The van der Waals surface area contributed by atoms with E-state index in [9.17, 15) is 4.79 Å². The Balaban J connectivity index is 2.58. The molecule has 0 fully saturated rings. The van der Waals surface area contributed by atoms with Gasteiger partial charge >= 0.3 is 0 Å². The van der Waals surface area contributed by atoms with Crippen LogP contribution in [0.15, 0.2) is 43.4 Å². The monoisotopic (exact) mass is 174 g/mol. The van der Waals surface area contributed by atoms with Crippen molar-refractivity contribution >= 4 is 12.0 Å². The lowest BCUT2D eigenvalue weighted by molar-refractivity contribution is -0.115. The standard InChI is InChI=1S/C10H10N2O/c1-2-12-10(13)6-5-9-4-3-7-11-8-9/h2-8H,1H2,(H,12,13)/b6-5+. The Morgan fingerprint density at radius 3 is 3.08 bits per heavy atom. The number of nitrogens with zero attached hydrogens (tertiary/aromatic N) is 1. The lowest BCUT2D eigenvalue weighted by Crippen LogP contribution is -2.12. The van der Waals surface area contributed by atoms with Gasteiger partial charge in [-0.15, -0.1) is 0 Å². The number of hydrogen-bond donors (Lipinski definition) is 1. The summed E-state index contributed by atoms with van der Waals surface area (Å²) >= 11 is 0. The molecule has 1 heterocycles. The summed E-state index contributed by atoms with van der Waals surface area (Å²) in [4.78, 5) is 14.8. The lowest BCUT2D eigenvalue weighted by Gasteiger charge is -1.91. The van der Waals surface area contributed by atoms with E-state index in [-0.39, 0.29) is 5.91 Å². The highest BCUT2D eigenvalue weighted by atomic mass is 16.1. The number of amides is 1. The third-order valence-electron chi connectivity index (χ3n) is 1.36. The molecule has 1 aromatic heterocycles. The molecule has 66 valence electrons. The highest BCUT2D eigenvalue weighted by Crippen LogP contribution is 1.97. The van der Waals surface area contributed by atoms with E-state index in [1.54, 1.807) is 18.5 Å². The maximum Gasteiger partial charge on any atom is 0.247 e. The van der Waals surface area contributed by atoms with Crippen molar-refractivity contribution in [2.75, 3.05) is 0 Å². The molecule has 1 aromatic rings. The van der Waals surface area contributed by atoms with Crippen LogP contribution < -0.4 is 5.32 Å². The number of hydrogen-bond acceptors (Lipinski definition) is 2. The molecule has 1 amide bonds. The van der Waals surface area contributed by atoms with E-state index in [4.69, 9.17) is 0 Å². The van der Waals surface area contributed by atoms with Gasteiger partial charge in [0.15, 0.2) is 0 Å². The Labute approximate surface area is 76.8 Å². The number of carbonyl (C=O) groups excluding carboxylic acids is 1. The third-order valence-corrected chi connectivity index (χ3v) is 1.36. The number of aromatic nitrogens is 1. The summed E-state index contributed by atoms with van der Waals surface area (Å²) in [6.45, 7) is 3.38. The van der Waals surface area contributed by atoms with Crippen molar-refractivity contribution in [2.45, 2.75) is 0 Å². The average molecular weight is 174 g/mol. The van der Waals surface area contributed by atoms with Gasteiger partial charge in [-0.2, -0.15) is 0 Å². The molecular weight excluding hydrogens is 164 g/mol. The van der Waals surface area contributed by atoms with Gasteiger partial charge in [0.1, 0.15) is 0 Å². The maximum absolute atomic E-state index is 10.9. The molecule has 0 saturated carbocycles. The first-order valence-electron chi connectivity index (χ1n) is 3.82. The highest BCUT2D eigenvalue weighted by molar-refractivity contribution is 5.92. The summed E-state index contributed by atoms with van der Waals surface area (Å²) < 4.78 is 0. The van der Waals surface area contributed by atoms with Crippen molar-refractivity contribution in [3.8, 4) is 0 Å². The largest absolute Gasteiger partial charge is 0.330 e. The number of nitrogens with one attached hydrogen (secondary N) is 1. The predicted molar refractivity (Wildman–Crippen MR) is 51.6 cm³/mol. The van der Waals surface area contributed by atoms with Crippen LogP contribution in [-0.2, 0) is 4.79 Å². The zero-order valence-electron chi connectivity index (χ0n) is 7.10. The normalized spacial score (nSPS) is 9.85. The van der Waals surface area contributed by atoms with Gasteiger partial charge in [-0.05, 0) is 23.9 Å². The highest BCUT2D eigenvalue weighted by Gasteiger charge is 1.89. The van der Waals surface area contributed by atoms with Crippen molar-refractivity contribution in [2.24, 2.45) is 0 Å². The van der Waals surface area contributed by atoms with E-state index < -0.39 is 0 Å². The number of carbonyl (C=O) groups is 1. The fraction of sp³-hybridized carbons (Fsp3) is 0. The minimum Gasteiger partial charge on any atom is -0.330 e. The van der Waals surface area contributed by atoms with Gasteiger partial charge < -0.3 is 5.32 Å². The van der Waals surface area contributed by atoms with Crippen molar-refractivity contribution < 1.29 is 4.79 Å². The fourth-order valence-corrected chi connectivity index (χ4v) is 0.795. The van der Waals surface area contributed by atoms with Gasteiger partial charge in [-0.3, -0.25) is 9.78 Å². The van der Waals surface area contributed by atoms with E-state index in [0.717, 1.165) is 5.56 Å². The van der Waals surface area contributed by atoms with Crippen LogP contribution in [0.1, 0.15) is 5.56 Å². The van der Waals surface area contributed by atoms with Crippen LogP contribution in [0.2, 0.25) is 0 Å². The van der Waals surface area contributed by atoms with Crippen LogP contribution in [0.4, 0.5) is 0 Å². The Hall–Kier alpha value is -1.90. The number of pyridine rings is 1. The molecule has 0 spiro atoms. The molecular formula is C10H10N2O. The SMILES string of the molecule is C=CNC(=O)/C=C/c1cccnc1. The van der Waals surface area contributed by atoms with Crippen molar-refractivity contribution in [1.29, 1.82) is 0 Å². The van der Waals surface area contributed by atoms with Gasteiger partial charge in [0.05, 0.1) is 0 Å². The van der Waals surface area contributed by atoms with E-state index >= 15 is 0 Å². The Morgan fingerprint density at radius 1 is 1.62 bits per heavy atom. The summed E-state index contributed by atoms with van der Waals surface area (Å²) in [6.07, 6.45) is 7.82. The predicted octanol–water partition coefficient (Wildman–Crippen LogP) is 1.35. The maximum atomic E-state index is 10.9. The topological polar surface area (TPSA) is 42.0 Å². The molecule has 1 rings (SSSR count). The van der Waals surface area contributed by atoms with Crippen LogP contribution in [0.5, 0.6) is 0 Å². The van der Waals surface area contributed by atoms with Gasteiger partial charge in [0.25, 0.3) is 0 Å². The van der Waals surface area contributed by atoms with Crippen LogP contribution in [0.25, 0.3) is 6.08 Å². The molecule has 0 unspecified atom stereocenters. The molecule has 0 radical (unpaired) electrons. The van der Waals surface area contributed by atoms with Crippen molar-refractivity contribution in [3.63, 3.8) is 0 Å². The summed E-state index contributed by atoms with van der Waals surface area (Å²) in [5, 5.41) is 2.43. The Morgan fingerprint density at radius 2 is 2.46 bits per heavy atom. The van der Waals surface area contributed by atoms with Gasteiger partial charge in [-0.1, -0.05) is 12.6 Å². The van der Waals surface area contributed by atoms with E-state index in [1.807, 2.05) is 12.1 Å². The van der Waals surface area contributed by atoms with Crippen LogP contribution >= 0.6 is 0 Å². The van der Waals surface area contributed by atoms with E-state index in [2.05, 4.69) is 16.9 Å². The molecule has 0 aliphatic heterocycles. The molecule has 0 bridgehead atoms. The zero-order valence-corrected chi connectivity index (χ0v) is 7.10. The first-order valence-corrected chi connectivity index (χ1v) is 3.82. The summed E-state index contributed by atoms with van der Waals surface area (Å²) in [6, 6.07) is 3.68. The first kappa shape index (κ1) is 9.19.